The van der Waals surface area contributed by atoms with Gasteiger partial charge in [0.2, 0.25) is 5.91 Å². The van der Waals surface area contributed by atoms with Gasteiger partial charge in [-0.3, -0.25) is 9.69 Å². The van der Waals surface area contributed by atoms with Gasteiger partial charge in [-0.15, -0.1) is 0 Å². The molecule has 150 valence electrons. The van der Waals surface area contributed by atoms with E-state index in [0.29, 0.717) is 18.7 Å². The summed E-state index contributed by atoms with van der Waals surface area (Å²) >= 11 is 0. The van der Waals surface area contributed by atoms with Gasteiger partial charge in [0, 0.05) is 44.8 Å². The standard InChI is InChI=1S/C22H27F2N3O/c1-16-18(15-27-11-9-26(2)10-12-27)13-20(24)14-21(16)25-22(28)8-5-17-3-6-19(23)7-4-17/h3-4,6-7,13-14H,5,8-12,15H2,1-2H3,(H,25,28). The molecule has 1 fully saturated rings. The number of aryl methyl sites for hydroxylation is 1. The Hall–Kier alpha value is -2.31. The van der Waals surface area contributed by atoms with Crippen LogP contribution < -0.4 is 5.32 Å². The number of nitrogens with one attached hydrogen (secondary N) is 1. The van der Waals surface area contributed by atoms with Crippen LogP contribution in [0.4, 0.5) is 14.5 Å². The Kier molecular flexibility index (Phi) is 6.75. The third-order valence-electron chi connectivity index (χ3n) is 5.30. The molecule has 0 bridgehead atoms. The lowest BCUT2D eigenvalue weighted by molar-refractivity contribution is -0.116. The molecule has 2 aromatic rings. The molecule has 2 aromatic carbocycles. The van der Waals surface area contributed by atoms with Crippen molar-refractivity contribution in [3.63, 3.8) is 0 Å². The van der Waals surface area contributed by atoms with Gasteiger partial charge in [-0.2, -0.15) is 0 Å². The molecule has 4 nitrogen and oxygen atoms in total. The normalized spacial score (nSPS) is 15.6. The molecule has 3 rings (SSSR count). The molecule has 28 heavy (non-hydrogen) atoms. The van der Waals surface area contributed by atoms with Gasteiger partial charge in [0.15, 0.2) is 0 Å². The van der Waals surface area contributed by atoms with Crippen LogP contribution in [0.2, 0.25) is 0 Å². The average Bonchev–Trinajstić information content (AvgIpc) is 2.67. The van der Waals surface area contributed by atoms with Crippen molar-refractivity contribution in [3.8, 4) is 0 Å². The summed E-state index contributed by atoms with van der Waals surface area (Å²) in [6.45, 7) is 6.50. The predicted octanol–water partition coefficient (Wildman–Crippen LogP) is 3.59. The van der Waals surface area contributed by atoms with E-state index >= 15 is 0 Å². The molecule has 6 heteroatoms. The van der Waals surface area contributed by atoms with Gasteiger partial charge in [0.1, 0.15) is 11.6 Å². The number of rotatable bonds is 6. The fraction of sp³-hybridized carbons (Fsp3) is 0.409. The summed E-state index contributed by atoms with van der Waals surface area (Å²) in [6, 6.07) is 9.04. The quantitative estimate of drug-likeness (QED) is 0.823. The van der Waals surface area contributed by atoms with Gasteiger partial charge < -0.3 is 10.2 Å². The minimum absolute atomic E-state index is 0.177. The first-order valence-corrected chi connectivity index (χ1v) is 9.65. The summed E-state index contributed by atoms with van der Waals surface area (Å²) in [7, 11) is 2.10. The second kappa shape index (κ2) is 9.26. The number of nitrogens with zero attached hydrogens (tertiary/aromatic N) is 2. The van der Waals surface area contributed by atoms with Gasteiger partial charge >= 0.3 is 0 Å². The van der Waals surface area contributed by atoms with E-state index < -0.39 is 0 Å². The Morgan fingerprint density at radius 2 is 1.71 bits per heavy atom. The summed E-state index contributed by atoms with van der Waals surface area (Å²) in [5.74, 6) is -0.816. The highest BCUT2D eigenvalue weighted by Crippen LogP contribution is 2.23. The summed E-state index contributed by atoms with van der Waals surface area (Å²) in [5.41, 5.74) is 3.21. The highest BCUT2D eigenvalue weighted by atomic mass is 19.1. The number of anilines is 1. The lowest BCUT2D eigenvalue weighted by atomic mass is 10.0. The van der Waals surface area contributed by atoms with Crippen molar-refractivity contribution >= 4 is 11.6 Å². The molecule has 0 atom stereocenters. The summed E-state index contributed by atoms with van der Waals surface area (Å²) < 4.78 is 27.1. The molecule has 1 aliphatic heterocycles. The number of likely N-dealkylation sites (N-methyl/N-ethyl adjacent to an activating group) is 1. The molecule has 0 aliphatic carbocycles. The second-order valence-electron chi connectivity index (χ2n) is 7.49. The van der Waals surface area contributed by atoms with Gasteiger partial charge in [-0.1, -0.05) is 12.1 Å². The summed E-state index contributed by atoms with van der Waals surface area (Å²) in [4.78, 5) is 16.9. The molecular formula is C22H27F2N3O. The number of halogens is 2. The maximum Gasteiger partial charge on any atom is 0.224 e. The van der Waals surface area contributed by atoms with Crippen LogP contribution in [0.3, 0.4) is 0 Å². The third-order valence-corrected chi connectivity index (χ3v) is 5.30. The van der Waals surface area contributed by atoms with Crippen molar-refractivity contribution in [1.29, 1.82) is 0 Å². The lowest BCUT2D eigenvalue weighted by Gasteiger charge is -2.32. The van der Waals surface area contributed by atoms with E-state index in [9.17, 15) is 13.6 Å². The first-order chi connectivity index (χ1) is 13.4. The van der Waals surface area contributed by atoms with E-state index in [-0.39, 0.29) is 24.0 Å². The zero-order valence-electron chi connectivity index (χ0n) is 16.5. The van der Waals surface area contributed by atoms with E-state index in [1.807, 2.05) is 6.92 Å². The molecule has 0 saturated carbocycles. The van der Waals surface area contributed by atoms with Crippen LogP contribution in [-0.4, -0.2) is 48.9 Å². The molecule has 1 aliphatic rings. The molecule has 0 aromatic heterocycles. The Morgan fingerprint density at radius 3 is 2.39 bits per heavy atom. The van der Waals surface area contributed by atoms with Crippen molar-refractivity contribution in [2.24, 2.45) is 0 Å². The zero-order valence-corrected chi connectivity index (χ0v) is 16.5. The van der Waals surface area contributed by atoms with Crippen LogP contribution in [0.25, 0.3) is 0 Å². The van der Waals surface area contributed by atoms with E-state index in [2.05, 4.69) is 22.2 Å². The highest BCUT2D eigenvalue weighted by Gasteiger charge is 2.17. The van der Waals surface area contributed by atoms with Crippen LogP contribution in [0.5, 0.6) is 0 Å². The maximum atomic E-state index is 14.1. The third kappa shape index (κ3) is 5.59. The van der Waals surface area contributed by atoms with Gasteiger partial charge in [-0.05, 0) is 61.3 Å². The van der Waals surface area contributed by atoms with E-state index in [4.69, 9.17) is 0 Å². The second-order valence-corrected chi connectivity index (χ2v) is 7.49. The molecule has 0 unspecified atom stereocenters. The van der Waals surface area contributed by atoms with Crippen LogP contribution in [0, 0.1) is 18.6 Å². The molecular weight excluding hydrogens is 360 g/mol. The number of piperazine rings is 1. The van der Waals surface area contributed by atoms with Crippen molar-refractivity contribution in [2.75, 3.05) is 38.5 Å². The molecule has 1 amide bonds. The Balaban J connectivity index is 1.62. The minimum atomic E-state index is -0.344. The number of amides is 1. The monoisotopic (exact) mass is 387 g/mol. The minimum Gasteiger partial charge on any atom is -0.326 e. The van der Waals surface area contributed by atoms with Gasteiger partial charge in [0.05, 0.1) is 0 Å². The predicted molar refractivity (Wildman–Crippen MR) is 107 cm³/mol. The number of carbonyl (C=O) groups is 1. The van der Waals surface area contributed by atoms with E-state index in [1.165, 1.54) is 18.2 Å². The summed E-state index contributed by atoms with van der Waals surface area (Å²) in [5, 5.41) is 2.84. The smallest absolute Gasteiger partial charge is 0.224 e. The van der Waals surface area contributed by atoms with Gasteiger partial charge in [0.25, 0.3) is 0 Å². The van der Waals surface area contributed by atoms with Crippen LogP contribution in [-0.2, 0) is 17.8 Å². The number of hydrogen-bond acceptors (Lipinski definition) is 3. The number of hydrogen-bond donors (Lipinski definition) is 1. The average molecular weight is 387 g/mol. The van der Waals surface area contributed by atoms with E-state index in [0.717, 1.165) is 42.9 Å². The van der Waals surface area contributed by atoms with Crippen LogP contribution >= 0.6 is 0 Å². The fourth-order valence-corrected chi connectivity index (χ4v) is 3.40. The fourth-order valence-electron chi connectivity index (χ4n) is 3.40. The summed E-state index contributed by atoms with van der Waals surface area (Å²) in [6.07, 6.45) is 0.768. The molecule has 1 N–H and O–H groups in total. The Morgan fingerprint density at radius 1 is 1.04 bits per heavy atom. The lowest BCUT2D eigenvalue weighted by Crippen LogP contribution is -2.44. The van der Waals surface area contributed by atoms with Gasteiger partial charge in [-0.25, -0.2) is 8.78 Å². The van der Waals surface area contributed by atoms with E-state index in [1.54, 1.807) is 18.2 Å². The number of benzene rings is 2. The van der Waals surface area contributed by atoms with Crippen molar-refractivity contribution < 1.29 is 13.6 Å². The molecule has 1 heterocycles. The highest BCUT2D eigenvalue weighted by molar-refractivity contribution is 5.91. The van der Waals surface area contributed by atoms with Crippen molar-refractivity contribution in [1.82, 2.24) is 9.80 Å². The number of carbonyl (C=O) groups excluding carboxylic acids is 1. The molecule has 0 spiro atoms. The van der Waals surface area contributed by atoms with Crippen LogP contribution in [0.1, 0.15) is 23.1 Å². The SMILES string of the molecule is Cc1c(CN2CCN(C)CC2)cc(F)cc1NC(=O)CCc1ccc(F)cc1. The topological polar surface area (TPSA) is 35.6 Å². The van der Waals surface area contributed by atoms with Crippen LogP contribution in [0.15, 0.2) is 36.4 Å². The van der Waals surface area contributed by atoms with Crippen molar-refractivity contribution in [3.05, 3.63) is 64.7 Å². The Labute approximate surface area is 165 Å². The molecule has 1 saturated heterocycles. The van der Waals surface area contributed by atoms with Crippen molar-refractivity contribution in [2.45, 2.75) is 26.3 Å². The maximum absolute atomic E-state index is 14.1. The first-order valence-electron chi connectivity index (χ1n) is 9.65. The largest absolute Gasteiger partial charge is 0.326 e. The Bertz CT molecular complexity index is 815. The first kappa shape index (κ1) is 20.4. The zero-order chi connectivity index (χ0) is 20.1. The molecule has 0 radical (unpaired) electrons.